The highest BCUT2D eigenvalue weighted by atomic mass is 35.5. The number of carbonyl (C=O) groups excluding carboxylic acids is 2. The van der Waals surface area contributed by atoms with Crippen LogP contribution in [0, 0.1) is 0 Å². The number of nitrogens with one attached hydrogen (secondary N) is 1. The smallest absolute Gasteiger partial charge is 0.340 e. The van der Waals surface area contributed by atoms with E-state index in [0.29, 0.717) is 13.1 Å². The molecule has 318 valence electrons. The van der Waals surface area contributed by atoms with E-state index in [-0.39, 0.29) is 60.9 Å². The molecule has 0 aromatic heterocycles. The molecule has 18 nitrogen and oxygen atoms in total. The maximum Gasteiger partial charge on any atom is 0.340 e. The van der Waals surface area contributed by atoms with Crippen molar-refractivity contribution in [2.24, 2.45) is 0 Å². The molecule has 3 aromatic carbocycles. The largest absolute Gasteiger partial charge is 0.489 e. The maximum atomic E-state index is 13.9. The first kappa shape index (κ1) is 42.8. The third kappa shape index (κ3) is 7.69. The fourth-order valence-corrected chi connectivity index (χ4v) is 7.78. The van der Waals surface area contributed by atoms with Gasteiger partial charge in [-0.15, -0.1) is 0 Å². The van der Waals surface area contributed by atoms with Gasteiger partial charge in [-0.05, 0) is 38.4 Å². The quantitative estimate of drug-likeness (QED) is 0.0905. The van der Waals surface area contributed by atoms with Crippen molar-refractivity contribution in [2.75, 3.05) is 40.4 Å². The monoisotopic (exact) mass is 864 g/mol. The summed E-state index contributed by atoms with van der Waals surface area (Å²) in [4.78, 5) is 28.9. The summed E-state index contributed by atoms with van der Waals surface area (Å²) in [5.74, 6) is -1.51. The third-order valence-electron chi connectivity index (χ3n) is 10.4. The van der Waals surface area contributed by atoms with Crippen LogP contribution >= 0.6 is 23.2 Å². The van der Waals surface area contributed by atoms with Crippen LogP contribution in [-0.4, -0.2) is 154 Å². The Hall–Kier alpha value is -4.28. The number of aliphatic hydroxyl groups excluding tert-OH is 7. The Kier molecular flexibility index (Phi) is 12.3. The number of benzene rings is 3. The van der Waals surface area contributed by atoms with E-state index in [4.69, 9.17) is 56.4 Å². The van der Waals surface area contributed by atoms with Gasteiger partial charge in [-0.25, -0.2) is 4.79 Å². The molecule has 3 aromatic rings. The van der Waals surface area contributed by atoms with Gasteiger partial charge in [0.05, 0.1) is 35.1 Å². The van der Waals surface area contributed by atoms with Crippen molar-refractivity contribution in [1.29, 1.82) is 0 Å². The lowest BCUT2D eigenvalue weighted by atomic mass is 9.77. The summed E-state index contributed by atoms with van der Waals surface area (Å²) in [7, 11) is 3.72. The molecule has 1 amide bonds. The lowest BCUT2D eigenvalue weighted by Crippen LogP contribution is -2.60. The van der Waals surface area contributed by atoms with Crippen molar-refractivity contribution < 1.29 is 78.5 Å². The average molecular weight is 866 g/mol. The van der Waals surface area contributed by atoms with Gasteiger partial charge < -0.3 is 79.1 Å². The van der Waals surface area contributed by atoms with Crippen LogP contribution in [0.25, 0.3) is 0 Å². The van der Waals surface area contributed by atoms with Crippen LogP contribution in [-0.2, 0) is 24.5 Å². The number of amides is 1. The summed E-state index contributed by atoms with van der Waals surface area (Å²) in [5, 5.41) is 74.7. The molecule has 0 saturated carbocycles. The van der Waals surface area contributed by atoms with E-state index in [1.54, 1.807) is 6.07 Å². The molecule has 1 spiro atoms. The van der Waals surface area contributed by atoms with Crippen molar-refractivity contribution in [3.05, 3.63) is 93.2 Å². The van der Waals surface area contributed by atoms with Gasteiger partial charge in [-0.1, -0.05) is 35.8 Å². The van der Waals surface area contributed by atoms with Crippen molar-refractivity contribution in [2.45, 2.75) is 67.0 Å². The van der Waals surface area contributed by atoms with E-state index in [1.807, 2.05) is 19.0 Å². The number of halogens is 2. The molecule has 11 atom stereocenters. The van der Waals surface area contributed by atoms with E-state index < -0.39 is 92.1 Å². The normalized spacial score (nSPS) is 30.7. The van der Waals surface area contributed by atoms with E-state index >= 15 is 0 Å². The summed E-state index contributed by atoms with van der Waals surface area (Å²) in [5.41, 5.74) is -0.969. The number of ether oxygens (including phenoxy) is 7. The highest BCUT2D eigenvalue weighted by Crippen LogP contribution is 2.59. The molecule has 7 rings (SSSR count). The SMILES string of the molecule is C=COC1C(O)[C@@H](O)C(CO)O[C@H]1Oc1cc2c(cc1Cl)C1(OC(=O)c3cc(C(=O)NCCN(C)C)ccc31)c1cc(Cl)c(O[C@H]3OC(CO)[C@@H](O)C(O)C3O)cc1O2. The number of carbonyl (C=O) groups is 2. The Morgan fingerprint density at radius 3 is 1.98 bits per heavy atom. The predicted octanol–water partition coefficient (Wildman–Crippen LogP) is 0.378. The molecule has 0 radical (unpaired) electrons. The number of rotatable bonds is 12. The zero-order chi connectivity index (χ0) is 42.5. The van der Waals surface area contributed by atoms with E-state index in [1.165, 1.54) is 36.4 Å². The van der Waals surface area contributed by atoms with Crippen LogP contribution < -0.4 is 19.5 Å². The van der Waals surface area contributed by atoms with Crippen LogP contribution in [0.2, 0.25) is 10.0 Å². The number of hydrogen-bond acceptors (Lipinski definition) is 17. The molecular weight excluding hydrogens is 823 g/mol. The number of likely N-dealkylation sites (N-methyl/N-ethyl adjacent to an activating group) is 1. The highest BCUT2D eigenvalue weighted by Gasteiger charge is 2.55. The van der Waals surface area contributed by atoms with Crippen LogP contribution in [0.4, 0.5) is 0 Å². The fraction of sp³-hybridized carbons (Fsp3) is 0.436. The molecule has 0 bridgehead atoms. The maximum absolute atomic E-state index is 13.9. The molecule has 4 aliphatic rings. The number of hydrogen-bond donors (Lipinski definition) is 8. The lowest BCUT2D eigenvalue weighted by molar-refractivity contribution is -0.278. The molecule has 4 aliphatic heterocycles. The summed E-state index contributed by atoms with van der Waals surface area (Å²) in [6.45, 7) is 3.02. The lowest BCUT2D eigenvalue weighted by Gasteiger charge is -2.41. The Balaban J connectivity index is 1.33. The van der Waals surface area contributed by atoms with E-state index in [2.05, 4.69) is 11.9 Å². The van der Waals surface area contributed by atoms with Gasteiger partial charge >= 0.3 is 5.97 Å². The molecule has 2 fully saturated rings. The zero-order valence-corrected chi connectivity index (χ0v) is 32.9. The molecule has 7 unspecified atom stereocenters. The standard InChI is InChI=1S/C39H42Cl2N2O16/c1-4-53-34-32(49)30(47)28(15-45)58-38(34)56-26-13-24-20(11-22(26)41)39(18-6-5-16(9-17(18)36(52)59-39)35(51)42-7-8-43(2)3)19-10-21(40)25(12-23(19)54-24)55-37-33(50)31(48)29(46)27(14-44)57-37/h4-6,9-13,27-34,37-38,44-50H,1,7-8,14-15H2,2-3H3,(H,42,51)/t27?,28?,29-,30+,31?,32?,33?,34?,37+,38-,39?/m1/s1. The van der Waals surface area contributed by atoms with E-state index in [0.717, 1.165) is 6.26 Å². The van der Waals surface area contributed by atoms with Crippen LogP contribution in [0.5, 0.6) is 23.0 Å². The van der Waals surface area contributed by atoms with Gasteiger partial charge in [0.15, 0.2) is 11.7 Å². The summed E-state index contributed by atoms with van der Waals surface area (Å²) in [6.07, 6.45) is -14.3. The van der Waals surface area contributed by atoms with Crippen molar-refractivity contribution in [1.82, 2.24) is 10.2 Å². The second-order valence-corrected chi connectivity index (χ2v) is 15.3. The fourth-order valence-electron chi connectivity index (χ4n) is 7.36. The number of nitrogens with zero attached hydrogens (tertiary/aromatic N) is 1. The molecular formula is C39H42Cl2N2O16. The zero-order valence-electron chi connectivity index (χ0n) is 31.4. The Labute approximate surface area is 346 Å². The van der Waals surface area contributed by atoms with Crippen molar-refractivity contribution in [3.8, 4) is 23.0 Å². The summed E-state index contributed by atoms with van der Waals surface area (Å²) >= 11 is 13.7. The van der Waals surface area contributed by atoms with Crippen LogP contribution in [0.1, 0.15) is 37.4 Å². The third-order valence-corrected chi connectivity index (χ3v) is 11.0. The molecule has 8 N–H and O–H groups in total. The summed E-state index contributed by atoms with van der Waals surface area (Å²) in [6, 6.07) is 9.92. The number of fused-ring (bicyclic) bond motifs is 6. The van der Waals surface area contributed by atoms with Crippen LogP contribution in [0.3, 0.4) is 0 Å². The molecule has 20 heteroatoms. The Morgan fingerprint density at radius 2 is 1.41 bits per heavy atom. The molecule has 2 saturated heterocycles. The van der Waals surface area contributed by atoms with Gasteiger partial charge in [0.1, 0.15) is 65.7 Å². The van der Waals surface area contributed by atoms with Crippen molar-refractivity contribution in [3.63, 3.8) is 0 Å². The Morgan fingerprint density at radius 1 is 0.831 bits per heavy atom. The van der Waals surface area contributed by atoms with Gasteiger partial charge in [0, 0.05) is 47.5 Å². The Bertz CT molecular complexity index is 2110. The van der Waals surface area contributed by atoms with Crippen molar-refractivity contribution >= 4 is 35.1 Å². The minimum atomic E-state index is -1.83. The van der Waals surface area contributed by atoms with Gasteiger partial charge in [-0.3, -0.25) is 4.79 Å². The van der Waals surface area contributed by atoms with E-state index in [9.17, 15) is 45.3 Å². The topological polar surface area (TPSA) is 256 Å². The number of esters is 1. The first-order valence-electron chi connectivity index (χ1n) is 18.3. The van der Waals surface area contributed by atoms with Gasteiger partial charge in [0.2, 0.25) is 12.6 Å². The highest BCUT2D eigenvalue weighted by molar-refractivity contribution is 6.32. The molecule has 0 aliphatic carbocycles. The summed E-state index contributed by atoms with van der Waals surface area (Å²) < 4.78 is 41.3. The predicted molar refractivity (Wildman–Crippen MR) is 203 cm³/mol. The second kappa shape index (κ2) is 17.0. The minimum Gasteiger partial charge on any atom is -0.489 e. The van der Waals surface area contributed by atoms with Gasteiger partial charge in [0.25, 0.3) is 5.91 Å². The van der Waals surface area contributed by atoms with Gasteiger partial charge in [-0.2, -0.15) is 0 Å². The first-order chi connectivity index (χ1) is 28.1. The minimum absolute atomic E-state index is 0.000424. The van der Waals surface area contributed by atoms with Crippen LogP contribution in [0.15, 0.2) is 55.3 Å². The number of aliphatic hydroxyl groups is 7. The molecule has 4 heterocycles. The average Bonchev–Trinajstić information content (AvgIpc) is 3.50. The second-order valence-electron chi connectivity index (χ2n) is 14.5. The first-order valence-corrected chi connectivity index (χ1v) is 19.1. The molecule has 59 heavy (non-hydrogen) atoms.